The molecule has 4 rings (SSSR count). The van der Waals surface area contributed by atoms with Crippen LogP contribution in [0, 0.1) is 0 Å². The lowest BCUT2D eigenvalue weighted by molar-refractivity contribution is 0.413. The predicted molar refractivity (Wildman–Crippen MR) is 88.6 cm³/mol. The van der Waals surface area contributed by atoms with Crippen LogP contribution in [0.5, 0.6) is 5.75 Å². The van der Waals surface area contributed by atoms with Gasteiger partial charge in [-0.25, -0.2) is 9.97 Å². The first-order valence-electron chi connectivity index (χ1n) is 7.27. The minimum Gasteiger partial charge on any atom is -0.495 e. The summed E-state index contributed by atoms with van der Waals surface area (Å²) in [4.78, 5) is 13.6. The van der Waals surface area contributed by atoms with Crippen molar-refractivity contribution in [1.82, 2.24) is 19.5 Å². The molecule has 0 spiro atoms. The molecular formula is C18H14N4O. The Labute approximate surface area is 133 Å². The maximum absolute atomic E-state index is 5.51. The quantitative estimate of drug-likeness (QED) is 0.581. The van der Waals surface area contributed by atoms with Crippen molar-refractivity contribution in [3.63, 3.8) is 0 Å². The summed E-state index contributed by atoms with van der Waals surface area (Å²) in [6.45, 7) is 0. The number of fused-ring (bicyclic) bond motifs is 1. The summed E-state index contributed by atoms with van der Waals surface area (Å²) in [5, 5.41) is 0. The second kappa shape index (κ2) is 5.53. The van der Waals surface area contributed by atoms with E-state index in [4.69, 9.17) is 9.72 Å². The molecule has 0 fully saturated rings. The molecule has 0 unspecified atom stereocenters. The van der Waals surface area contributed by atoms with Crippen LogP contribution in [0.2, 0.25) is 0 Å². The highest BCUT2D eigenvalue weighted by atomic mass is 16.5. The Hall–Kier alpha value is -3.21. The van der Waals surface area contributed by atoms with E-state index in [1.165, 1.54) is 0 Å². The first-order chi connectivity index (χ1) is 11.4. The zero-order valence-corrected chi connectivity index (χ0v) is 12.5. The molecular weight excluding hydrogens is 288 g/mol. The summed E-state index contributed by atoms with van der Waals surface area (Å²) in [5.41, 5.74) is 3.27. The van der Waals surface area contributed by atoms with Gasteiger partial charge in [0.1, 0.15) is 17.0 Å². The molecule has 0 N–H and O–H groups in total. The number of methoxy groups -OCH3 is 1. The van der Waals surface area contributed by atoms with Crippen molar-refractivity contribution in [2.24, 2.45) is 0 Å². The van der Waals surface area contributed by atoms with Gasteiger partial charge < -0.3 is 4.74 Å². The molecule has 5 heteroatoms. The fraction of sp³-hybridized carbons (Fsp3) is 0.0556. The van der Waals surface area contributed by atoms with Crippen LogP contribution < -0.4 is 4.74 Å². The van der Waals surface area contributed by atoms with Gasteiger partial charge in [0, 0.05) is 12.4 Å². The number of benzene rings is 1. The Morgan fingerprint density at radius 3 is 2.52 bits per heavy atom. The molecule has 0 atom stereocenters. The fourth-order valence-corrected chi connectivity index (χ4v) is 2.62. The maximum Gasteiger partial charge on any atom is 0.165 e. The molecule has 3 heterocycles. The Morgan fingerprint density at radius 2 is 1.70 bits per heavy atom. The molecule has 1 aromatic carbocycles. The third-order valence-electron chi connectivity index (χ3n) is 3.64. The number of ether oxygens (including phenoxy) is 1. The van der Waals surface area contributed by atoms with Crippen LogP contribution in [0.25, 0.3) is 28.4 Å². The van der Waals surface area contributed by atoms with Crippen molar-refractivity contribution in [3.05, 3.63) is 67.0 Å². The molecule has 0 radical (unpaired) electrons. The van der Waals surface area contributed by atoms with Gasteiger partial charge in [-0.05, 0) is 36.4 Å². The molecule has 0 saturated heterocycles. The summed E-state index contributed by atoms with van der Waals surface area (Å²) in [7, 11) is 1.66. The third kappa shape index (κ3) is 2.23. The summed E-state index contributed by atoms with van der Waals surface area (Å²) in [5.74, 6) is 1.50. The van der Waals surface area contributed by atoms with Crippen molar-refractivity contribution >= 4 is 11.2 Å². The summed E-state index contributed by atoms with van der Waals surface area (Å²) in [6.07, 6.45) is 3.52. The molecule has 0 aliphatic carbocycles. The average molecular weight is 302 g/mol. The van der Waals surface area contributed by atoms with Crippen LogP contribution >= 0.6 is 0 Å². The van der Waals surface area contributed by atoms with Gasteiger partial charge in [-0.1, -0.05) is 18.2 Å². The molecule has 0 aliphatic heterocycles. The van der Waals surface area contributed by atoms with E-state index in [2.05, 4.69) is 9.97 Å². The first-order valence-corrected chi connectivity index (χ1v) is 7.27. The Morgan fingerprint density at radius 1 is 0.870 bits per heavy atom. The average Bonchev–Trinajstić information content (AvgIpc) is 3.02. The summed E-state index contributed by atoms with van der Waals surface area (Å²) < 4.78 is 7.49. The molecule has 4 aromatic rings. The summed E-state index contributed by atoms with van der Waals surface area (Å²) >= 11 is 0. The second-order valence-corrected chi connectivity index (χ2v) is 5.00. The van der Waals surface area contributed by atoms with Gasteiger partial charge in [0.25, 0.3) is 0 Å². The van der Waals surface area contributed by atoms with Gasteiger partial charge in [0.05, 0.1) is 12.8 Å². The Kier molecular flexibility index (Phi) is 3.24. The molecule has 0 bridgehead atoms. The highest BCUT2D eigenvalue weighted by Gasteiger charge is 2.18. The fourth-order valence-electron chi connectivity index (χ4n) is 2.62. The van der Waals surface area contributed by atoms with Gasteiger partial charge in [-0.3, -0.25) is 9.55 Å². The van der Waals surface area contributed by atoms with Crippen LogP contribution in [0.1, 0.15) is 0 Å². The van der Waals surface area contributed by atoms with Crippen LogP contribution in [-0.2, 0) is 0 Å². The van der Waals surface area contributed by atoms with E-state index in [1.807, 2.05) is 59.2 Å². The van der Waals surface area contributed by atoms with Crippen LogP contribution in [0.3, 0.4) is 0 Å². The normalized spacial score (nSPS) is 10.8. The van der Waals surface area contributed by atoms with Crippen LogP contribution in [0.4, 0.5) is 0 Å². The predicted octanol–water partition coefficient (Wildman–Crippen LogP) is 3.49. The van der Waals surface area contributed by atoms with E-state index >= 15 is 0 Å². The standard InChI is InChI=1S/C18H14N4O/c1-23-16-10-3-2-9-15(16)22-17-14(8-6-12-20-17)21-18(22)13-7-4-5-11-19-13/h2-12H,1H3. The zero-order valence-electron chi connectivity index (χ0n) is 12.5. The minimum absolute atomic E-state index is 0.740. The van der Waals surface area contributed by atoms with Crippen LogP contribution in [-0.4, -0.2) is 26.6 Å². The number of aromatic nitrogens is 4. The zero-order chi connectivity index (χ0) is 15.6. The molecule has 23 heavy (non-hydrogen) atoms. The largest absolute Gasteiger partial charge is 0.495 e. The number of pyridine rings is 2. The summed E-state index contributed by atoms with van der Waals surface area (Å²) in [6, 6.07) is 17.4. The van der Waals surface area contributed by atoms with Crippen molar-refractivity contribution in [3.8, 4) is 23.0 Å². The van der Waals surface area contributed by atoms with Gasteiger partial charge in [0.15, 0.2) is 11.5 Å². The van der Waals surface area contributed by atoms with Gasteiger partial charge >= 0.3 is 0 Å². The molecule has 5 nitrogen and oxygen atoms in total. The van der Waals surface area contributed by atoms with Crippen molar-refractivity contribution < 1.29 is 4.74 Å². The molecule has 0 aliphatic rings. The van der Waals surface area contributed by atoms with E-state index in [-0.39, 0.29) is 0 Å². The molecule has 112 valence electrons. The Bertz CT molecular complexity index is 963. The monoisotopic (exact) mass is 302 g/mol. The topological polar surface area (TPSA) is 52.8 Å². The number of hydrogen-bond donors (Lipinski definition) is 0. The Balaban J connectivity index is 2.08. The van der Waals surface area contributed by atoms with E-state index in [0.717, 1.165) is 34.1 Å². The van der Waals surface area contributed by atoms with Gasteiger partial charge in [-0.15, -0.1) is 0 Å². The second-order valence-electron chi connectivity index (χ2n) is 5.00. The molecule has 0 amide bonds. The van der Waals surface area contributed by atoms with Crippen molar-refractivity contribution in [2.75, 3.05) is 7.11 Å². The number of hydrogen-bond acceptors (Lipinski definition) is 4. The number of para-hydroxylation sites is 2. The third-order valence-corrected chi connectivity index (χ3v) is 3.64. The first kappa shape index (κ1) is 13.5. The molecule has 3 aromatic heterocycles. The maximum atomic E-state index is 5.51. The number of imidazole rings is 1. The lowest BCUT2D eigenvalue weighted by atomic mass is 10.2. The number of rotatable bonds is 3. The highest BCUT2D eigenvalue weighted by Crippen LogP contribution is 2.31. The van der Waals surface area contributed by atoms with Crippen LogP contribution in [0.15, 0.2) is 67.0 Å². The van der Waals surface area contributed by atoms with E-state index in [1.54, 1.807) is 19.5 Å². The number of nitrogens with zero attached hydrogens (tertiary/aromatic N) is 4. The smallest absolute Gasteiger partial charge is 0.165 e. The minimum atomic E-state index is 0.740. The lowest BCUT2D eigenvalue weighted by Crippen LogP contribution is -2.02. The van der Waals surface area contributed by atoms with E-state index in [0.29, 0.717) is 0 Å². The van der Waals surface area contributed by atoms with E-state index in [9.17, 15) is 0 Å². The van der Waals surface area contributed by atoms with Gasteiger partial charge in [-0.2, -0.15) is 0 Å². The molecule has 0 saturated carbocycles. The lowest BCUT2D eigenvalue weighted by Gasteiger charge is -2.12. The highest BCUT2D eigenvalue weighted by molar-refractivity contribution is 5.79. The van der Waals surface area contributed by atoms with Gasteiger partial charge in [0.2, 0.25) is 0 Å². The van der Waals surface area contributed by atoms with Crippen molar-refractivity contribution in [2.45, 2.75) is 0 Å². The SMILES string of the molecule is COc1ccccc1-n1c(-c2ccccn2)nc2cccnc21. The van der Waals surface area contributed by atoms with E-state index < -0.39 is 0 Å². The van der Waals surface area contributed by atoms with Crippen molar-refractivity contribution in [1.29, 1.82) is 0 Å².